The molecule has 11 heteroatoms. The van der Waals surface area contributed by atoms with Gasteiger partial charge in [-0.15, -0.1) is 0 Å². The number of alkyl halides is 3. The van der Waals surface area contributed by atoms with Gasteiger partial charge in [-0.3, -0.25) is 4.79 Å². The van der Waals surface area contributed by atoms with Crippen LogP contribution in [0.15, 0.2) is 5.10 Å². The average molecular weight is 343 g/mol. The van der Waals surface area contributed by atoms with Gasteiger partial charge in [-0.1, -0.05) is 0 Å². The number of carbonyl (C=O) groups excluding carboxylic acids is 1. The zero-order chi connectivity index (χ0) is 16.8. The van der Waals surface area contributed by atoms with Crippen LogP contribution in [0.5, 0.6) is 0 Å². The van der Waals surface area contributed by atoms with Crippen molar-refractivity contribution in [2.75, 3.05) is 19.3 Å². The molecule has 0 aromatic rings. The van der Waals surface area contributed by atoms with Gasteiger partial charge >= 0.3 is 6.18 Å². The Kier molecular flexibility index (Phi) is 4.26. The minimum Gasteiger partial charge on any atom is -0.362 e. The first-order chi connectivity index (χ1) is 9.97. The van der Waals surface area contributed by atoms with Gasteiger partial charge in [0.05, 0.1) is 6.26 Å². The maximum absolute atomic E-state index is 12.9. The SMILES string of the molecule is CS(=O)(=O)N1CCC(C(=O)N2N=CCC2(O)C(F)(F)F)CC1. The molecule has 1 atom stereocenters. The predicted molar refractivity (Wildman–Crippen MR) is 70.1 cm³/mol. The first kappa shape index (κ1) is 17.2. The summed E-state index contributed by atoms with van der Waals surface area (Å²) in [6.45, 7) is 0.106. The average Bonchev–Trinajstić information content (AvgIpc) is 2.80. The van der Waals surface area contributed by atoms with E-state index in [1.807, 2.05) is 0 Å². The number of hydrogen-bond donors (Lipinski definition) is 1. The summed E-state index contributed by atoms with van der Waals surface area (Å²) in [5.74, 6) is -1.75. The molecule has 0 saturated carbocycles. The first-order valence-electron chi connectivity index (χ1n) is 6.57. The van der Waals surface area contributed by atoms with Crippen molar-refractivity contribution in [2.45, 2.75) is 31.2 Å². The highest BCUT2D eigenvalue weighted by molar-refractivity contribution is 7.88. The van der Waals surface area contributed by atoms with Crippen LogP contribution in [0.1, 0.15) is 19.3 Å². The van der Waals surface area contributed by atoms with E-state index in [-0.39, 0.29) is 30.9 Å². The molecule has 2 rings (SSSR count). The van der Waals surface area contributed by atoms with Gasteiger partial charge in [0.1, 0.15) is 0 Å². The Morgan fingerprint density at radius 1 is 1.36 bits per heavy atom. The third-order valence-electron chi connectivity index (χ3n) is 3.86. The molecular formula is C11H16F3N3O4S. The molecule has 0 aromatic heterocycles. The Balaban J connectivity index is 2.09. The Morgan fingerprint density at radius 2 is 1.91 bits per heavy atom. The maximum atomic E-state index is 12.9. The van der Waals surface area contributed by atoms with Gasteiger partial charge in [-0.05, 0) is 12.8 Å². The van der Waals surface area contributed by atoms with Crippen molar-refractivity contribution < 1.29 is 31.5 Å². The summed E-state index contributed by atoms with van der Waals surface area (Å²) in [6, 6.07) is 0. The maximum Gasteiger partial charge on any atom is 0.438 e. The molecule has 1 N–H and O–H groups in total. The summed E-state index contributed by atoms with van der Waals surface area (Å²) in [5.41, 5.74) is -3.32. The summed E-state index contributed by atoms with van der Waals surface area (Å²) in [6.07, 6.45) is -3.78. The van der Waals surface area contributed by atoms with Crippen LogP contribution in [0, 0.1) is 5.92 Å². The lowest BCUT2D eigenvalue weighted by molar-refractivity contribution is -0.303. The molecule has 0 aliphatic carbocycles. The number of amides is 1. The smallest absolute Gasteiger partial charge is 0.362 e. The summed E-state index contributed by atoms with van der Waals surface area (Å²) in [7, 11) is -3.39. The monoisotopic (exact) mass is 343 g/mol. The van der Waals surface area contributed by atoms with E-state index in [1.54, 1.807) is 0 Å². The number of rotatable bonds is 2. The van der Waals surface area contributed by atoms with E-state index in [9.17, 15) is 31.5 Å². The largest absolute Gasteiger partial charge is 0.438 e. The van der Waals surface area contributed by atoms with E-state index in [0.29, 0.717) is 0 Å². The number of hydrogen-bond acceptors (Lipinski definition) is 5. The van der Waals surface area contributed by atoms with E-state index in [2.05, 4.69) is 5.10 Å². The summed E-state index contributed by atoms with van der Waals surface area (Å²) >= 11 is 0. The van der Waals surface area contributed by atoms with Crippen molar-refractivity contribution >= 4 is 22.1 Å². The molecule has 0 radical (unpaired) electrons. The molecule has 0 bridgehead atoms. The molecule has 0 spiro atoms. The van der Waals surface area contributed by atoms with Crippen LogP contribution in [0.4, 0.5) is 13.2 Å². The second kappa shape index (κ2) is 5.46. The molecule has 1 unspecified atom stereocenters. The topological polar surface area (TPSA) is 90.3 Å². The Morgan fingerprint density at radius 3 is 2.36 bits per heavy atom. The second-order valence-corrected chi connectivity index (χ2v) is 7.39. The summed E-state index contributed by atoms with van der Waals surface area (Å²) in [5, 5.41) is 13.2. The molecular weight excluding hydrogens is 327 g/mol. The van der Waals surface area contributed by atoms with Crippen LogP contribution in [0.2, 0.25) is 0 Å². The van der Waals surface area contributed by atoms with Gasteiger partial charge in [-0.25, -0.2) is 12.7 Å². The third kappa shape index (κ3) is 2.97. The Labute approximate surface area is 125 Å². The quantitative estimate of drug-likeness (QED) is 0.771. The highest BCUT2D eigenvalue weighted by Crippen LogP contribution is 2.40. The first-order valence-corrected chi connectivity index (χ1v) is 8.42. The van der Waals surface area contributed by atoms with E-state index >= 15 is 0 Å². The van der Waals surface area contributed by atoms with Crippen LogP contribution in [0.25, 0.3) is 0 Å². The fourth-order valence-corrected chi connectivity index (χ4v) is 3.39. The van der Waals surface area contributed by atoms with Crippen LogP contribution in [0.3, 0.4) is 0 Å². The molecule has 1 saturated heterocycles. The zero-order valence-electron chi connectivity index (χ0n) is 11.7. The molecule has 2 aliphatic heterocycles. The molecule has 2 heterocycles. The van der Waals surface area contributed by atoms with E-state index in [0.717, 1.165) is 12.5 Å². The van der Waals surface area contributed by atoms with Gasteiger partial charge in [-0.2, -0.15) is 23.3 Å². The van der Waals surface area contributed by atoms with E-state index in [4.69, 9.17) is 0 Å². The summed E-state index contributed by atoms with van der Waals surface area (Å²) < 4.78 is 62.7. The molecule has 22 heavy (non-hydrogen) atoms. The normalized spacial score (nSPS) is 28.3. The van der Waals surface area contributed by atoms with Crippen LogP contribution >= 0.6 is 0 Å². The Bertz CT molecular complexity index is 584. The number of piperidine rings is 1. The highest BCUT2D eigenvalue weighted by atomic mass is 32.2. The number of halogens is 3. The van der Waals surface area contributed by atoms with E-state index in [1.165, 1.54) is 4.31 Å². The molecule has 2 aliphatic rings. The lowest BCUT2D eigenvalue weighted by Crippen LogP contribution is -2.58. The Hall–Kier alpha value is -1.20. The minimum atomic E-state index is -5.02. The minimum absolute atomic E-state index is 0.0528. The molecule has 0 aromatic carbocycles. The molecule has 126 valence electrons. The third-order valence-corrected chi connectivity index (χ3v) is 5.16. The van der Waals surface area contributed by atoms with Crippen LogP contribution in [-0.2, 0) is 14.8 Å². The van der Waals surface area contributed by atoms with Gasteiger partial charge in [0.25, 0.3) is 5.72 Å². The van der Waals surface area contributed by atoms with Gasteiger partial charge < -0.3 is 5.11 Å². The fourth-order valence-electron chi connectivity index (χ4n) is 2.51. The van der Waals surface area contributed by atoms with Crippen LogP contribution < -0.4 is 0 Å². The van der Waals surface area contributed by atoms with Crippen LogP contribution in [-0.4, -0.2) is 66.2 Å². The molecule has 1 amide bonds. The number of hydrazone groups is 1. The highest BCUT2D eigenvalue weighted by Gasteiger charge is 2.62. The number of aliphatic hydroxyl groups is 1. The van der Waals surface area contributed by atoms with Gasteiger partial charge in [0, 0.05) is 31.6 Å². The van der Waals surface area contributed by atoms with Crippen molar-refractivity contribution in [3.63, 3.8) is 0 Å². The number of carbonyl (C=O) groups is 1. The van der Waals surface area contributed by atoms with Gasteiger partial charge in [0.2, 0.25) is 15.9 Å². The summed E-state index contributed by atoms with van der Waals surface area (Å²) in [4.78, 5) is 12.2. The predicted octanol–water partition coefficient (Wildman–Crippen LogP) is 0.127. The van der Waals surface area contributed by atoms with Crippen molar-refractivity contribution in [2.24, 2.45) is 11.0 Å². The van der Waals surface area contributed by atoms with Crippen molar-refractivity contribution in [1.82, 2.24) is 9.31 Å². The van der Waals surface area contributed by atoms with Crippen molar-refractivity contribution in [3.05, 3.63) is 0 Å². The van der Waals surface area contributed by atoms with E-state index < -0.39 is 40.2 Å². The number of sulfonamides is 1. The zero-order valence-corrected chi connectivity index (χ0v) is 12.6. The molecule has 1 fully saturated rings. The van der Waals surface area contributed by atoms with Gasteiger partial charge in [0.15, 0.2) is 0 Å². The fraction of sp³-hybridized carbons (Fsp3) is 0.818. The lowest BCUT2D eigenvalue weighted by Gasteiger charge is -2.36. The lowest BCUT2D eigenvalue weighted by atomic mass is 9.96. The number of nitrogens with zero attached hydrogens (tertiary/aromatic N) is 3. The van der Waals surface area contributed by atoms with Crippen molar-refractivity contribution in [3.8, 4) is 0 Å². The second-order valence-electron chi connectivity index (χ2n) is 5.40. The molecule has 7 nitrogen and oxygen atoms in total. The van der Waals surface area contributed by atoms with Crippen molar-refractivity contribution in [1.29, 1.82) is 0 Å². The standard InChI is InChI=1S/C11H16F3N3O4S/c1-22(20,21)16-6-2-8(3-7-16)9(18)17-10(19,4-5-15-17)11(12,13)14/h5,8,19H,2-4,6-7H2,1H3.